The Kier molecular flexibility index (Phi) is 12.1. The maximum absolute atomic E-state index is 14.9. The number of amides is 2. The van der Waals surface area contributed by atoms with Crippen molar-refractivity contribution < 1.29 is 46.5 Å². The number of carbonyl (C=O) groups is 4. The van der Waals surface area contributed by atoms with Gasteiger partial charge in [-0.3, -0.25) is 23.9 Å². The lowest BCUT2D eigenvalue weighted by atomic mass is 9.82. The van der Waals surface area contributed by atoms with Crippen molar-refractivity contribution in [1.29, 1.82) is 0 Å². The fraction of sp³-hybridized carbons (Fsp3) is 0.651. The van der Waals surface area contributed by atoms with Gasteiger partial charge in [-0.25, -0.2) is 13.4 Å². The molecule has 2 aliphatic carbocycles. The minimum absolute atomic E-state index is 0.0316. The van der Waals surface area contributed by atoms with Crippen molar-refractivity contribution in [1.82, 2.24) is 14.6 Å². The molecule has 312 valence electrons. The van der Waals surface area contributed by atoms with Gasteiger partial charge in [-0.2, -0.15) is 0 Å². The minimum Gasteiger partial charge on any atom is -0.494 e. The molecule has 6 rings (SSSR count). The lowest BCUT2D eigenvalue weighted by Crippen LogP contribution is -2.48. The van der Waals surface area contributed by atoms with Crippen molar-refractivity contribution in [2.24, 2.45) is 29.1 Å². The lowest BCUT2D eigenvalue weighted by molar-refractivity contribution is -0.160. The number of ether oxygens (including phenoxy) is 4. The Labute approximate surface area is 336 Å². The van der Waals surface area contributed by atoms with E-state index in [1.165, 1.54) is 4.90 Å². The molecule has 2 saturated carbocycles. The van der Waals surface area contributed by atoms with E-state index >= 15 is 0 Å². The van der Waals surface area contributed by atoms with Gasteiger partial charge in [-0.05, 0) is 109 Å². The van der Waals surface area contributed by atoms with Gasteiger partial charge >= 0.3 is 5.97 Å². The summed E-state index contributed by atoms with van der Waals surface area (Å²) < 4.78 is 51.4. The molecule has 7 atom stereocenters. The average Bonchev–Trinajstić information content (AvgIpc) is 4.01. The highest BCUT2D eigenvalue weighted by atomic mass is 32.2. The van der Waals surface area contributed by atoms with Crippen LogP contribution in [0, 0.1) is 29.1 Å². The van der Waals surface area contributed by atoms with Crippen LogP contribution in [-0.2, 0) is 33.9 Å². The van der Waals surface area contributed by atoms with E-state index in [0.29, 0.717) is 61.0 Å². The maximum atomic E-state index is 14.9. The van der Waals surface area contributed by atoms with E-state index in [2.05, 4.69) is 16.6 Å². The highest BCUT2D eigenvalue weighted by Gasteiger charge is 2.62. The van der Waals surface area contributed by atoms with Gasteiger partial charge in [-0.1, -0.05) is 26.0 Å². The molecular formula is C43H59N3O10S. The number of nitrogens with zero attached hydrogens (tertiary/aromatic N) is 2. The van der Waals surface area contributed by atoms with Crippen molar-refractivity contribution >= 4 is 44.4 Å². The molecule has 1 saturated heterocycles. The van der Waals surface area contributed by atoms with Crippen LogP contribution in [-0.4, -0.2) is 84.6 Å². The second kappa shape index (κ2) is 16.2. The van der Waals surface area contributed by atoms with Gasteiger partial charge in [0.1, 0.15) is 23.2 Å². The van der Waals surface area contributed by atoms with Gasteiger partial charge in [0.25, 0.3) is 0 Å². The van der Waals surface area contributed by atoms with Crippen molar-refractivity contribution in [2.45, 2.75) is 129 Å². The van der Waals surface area contributed by atoms with Gasteiger partial charge in [0, 0.05) is 23.6 Å². The first-order valence-corrected chi connectivity index (χ1v) is 21.8. The van der Waals surface area contributed by atoms with Crippen LogP contribution in [0.25, 0.3) is 10.8 Å². The molecule has 0 spiro atoms. The number of aromatic nitrogens is 1. The van der Waals surface area contributed by atoms with Gasteiger partial charge < -0.3 is 23.8 Å². The number of hydrogen-bond donors (Lipinski definition) is 1. The minimum atomic E-state index is -3.96. The van der Waals surface area contributed by atoms with E-state index in [1.54, 1.807) is 41.0 Å². The second-order valence-corrected chi connectivity index (χ2v) is 20.2. The summed E-state index contributed by atoms with van der Waals surface area (Å²) in [4.78, 5) is 63.1. The number of sulfonamides is 1. The number of benzene rings is 1. The molecule has 14 heteroatoms. The number of fused-ring (bicyclic) bond motifs is 3. The number of rotatable bonds is 10. The van der Waals surface area contributed by atoms with Crippen molar-refractivity contribution in [3.63, 3.8) is 0 Å². The van der Waals surface area contributed by atoms with Crippen molar-refractivity contribution in [3.8, 4) is 17.4 Å². The predicted octanol–water partition coefficient (Wildman–Crippen LogP) is 6.31. The summed E-state index contributed by atoms with van der Waals surface area (Å²) in [5.41, 5.74) is -2.04. The molecule has 57 heavy (non-hydrogen) atoms. The molecule has 0 radical (unpaired) electrons. The number of methoxy groups -OCH3 is 1. The number of nitrogens with one attached hydrogen (secondary N) is 1. The normalized spacial score (nSPS) is 29.6. The third-order valence-corrected chi connectivity index (χ3v) is 14.4. The summed E-state index contributed by atoms with van der Waals surface area (Å²) in [6.07, 6.45) is 7.94. The zero-order valence-electron chi connectivity index (χ0n) is 34.6. The van der Waals surface area contributed by atoms with Crippen LogP contribution in [0.15, 0.2) is 36.5 Å². The van der Waals surface area contributed by atoms with E-state index in [-0.39, 0.29) is 61.1 Å². The number of esters is 1. The third kappa shape index (κ3) is 9.26. The molecular weight excluding hydrogens is 751 g/mol. The summed E-state index contributed by atoms with van der Waals surface area (Å²) in [7, 11) is -2.41. The monoisotopic (exact) mass is 809 g/mol. The Balaban J connectivity index is 1.36. The highest BCUT2D eigenvalue weighted by molar-refractivity contribution is 7.91. The molecule has 2 aromatic rings. The van der Waals surface area contributed by atoms with E-state index in [9.17, 15) is 27.6 Å². The maximum Gasteiger partial charge on any atom is 0.307 e. The van der Waals surface area contributed by atoms with Crippen molar-refractivity contribution in [3.05, 3.63) is 36.5 Å². The molecule has 1 aromatic carbocycles. The standard InChI is InChI=1S/C43H59N3O10S/c1-9-54-29-14-15-31-33(19-29)36(53-8)24-44-38(31)55-30-20-34-35(47)23-43(40(50)45-57(51,52)42(7)16-17-42)22-28(43)13-11-10-12-26(2)18-27(3)32(39(49)46(34)25-30)21-37(48)56-41(4,5)6/h11,13-15,19,24,26-28,30,32,34H,9-10,12,16-18,20-23,25H2,1-8H3,(H,45,50)/b13-11-/t26-,27-,28-,30-,32+,34+,43-/m1/s1. The van der Waals surface area contributed by atoms with Crippen LogP contribution < -0.4 is 18.9 Å². The van der Waals surface area contributed by atoms with Crippen LogP contribution >= 0.6 is 0 Å². The first kappa shape index (κ1) is 42.4. The van der Waals surface area contributed by atoms with Crippen LogP contribution in [0.5, 0.6) is 17.4 Å². The van der Waals surface area contributed by atoms with Gasteiger partial charge in [0.05, 0.1) is 55.0 Å². The Hall–Kier alpha value is -4.20. The number of hydrogen-bond acceptors (Lipinski definition) is 11. The van der Waals surface area contributed by atoms with Crippen LogP contribution in [0.1, 0.15) is 106 Å². The average molecular weight is 810 g/mol. The number of carbonyl (C=O) groups excluding carboxylic acids is 4. The Morgan fingerprint density at radius 1 is 1.09 bits per heavy atom. The van der Waals surface area contributed by atoms with E-state index < -0.39 is 55.7 Å². The lowest BCUT2D eigenvalue weighted by Gasteiger charge is -2.32. The first-order valence-electron chi connectivity index (χ1n) is 20.3. The molecule has 0 bridgehead atoms. The van der Waals surface area contributed by atoms with Gasteiger partial charge in [-0.15, -0.1) is 0 Å². The molecule has 3 fully saturated rings. The molecule has 2 aliphatic heterocycles. The molecule has 2 amide bonds. The van der Waals surface area contributed by atoms with Crippen LogP contribution in [0.4, 0.5) is 0 Å². The quantitative estimate of drug-likeness (QED) is 0.211. The zero-order valence-corrected chi connectivity index (χ0v) is 35.4. The van der Waals surface area contributed by atoms with Gasteiger partial charge in [0.15, 0.2) is 5.78 Å². The highest BCUT2D eigenvalue weighted by Crippen LogP contribution is 2.58. The zero-order chi connectivity index (χ0) is 41.5. The molecule has 1 N–H and O–H groups in total. The van der Waals surface area contributed by atoms with Gasteiger partial charge in [0.2, 0.25) is 27.7 Å². The van der Waals surface area contributed by atoms with Crippen molar-refractivity contribution in [2.75, 3.05) is 20.3 Å². The smallest absolute Gasteiger partial charge is 0.307 e. The molecule has 1 aromatic heterocycles. The summed E-state index contributed by atoms with van der Waals surface area (Å²) in [6, 6.07) is 4.48. The largest absolute Gasteiger partial charge is 0.494 e. The third-order valence-electron chi connectivity index (χ3n) is 12.2. The Morgan fingerprint density at radius 2 is 1.82 bits per heavy atom. The number of pyridine rings is 1. The van der Waals surface area contributed by atoms with E-state index in [4.69, 9.17) is 18.9 Å². The number of allylic oxidation sites excluding steroid dienone is 2. The fourth-order valence-electron chi connectivity index (χ4n) is 8.49. The Bertz CT molecular complexity index is 2020. The second-order valence-electron chi connectivity index (χ2n) is 18.0. The van der Waals surface area contributed by atoms with E-state index in [1.807, 2.05) is 44.2 Å². The van der Waals surface area contributed by atoms with Crippen LogP contribution in [0.3, 0.4) is 0 Å². The first-order chi connectivity index (χ1) is 26.8. The SMILES string of the molecule is CCOc1ccc2c(O[C@@H]3C[C@H]4C(=O)C[C@]5(C(=O)NS(=O)(=O)C6(C)CC6)C[C@H]5/C=C\CC[C@@H](C)C[C@@H](C)[C@H](CC(=O)OC(C)(C)C)C(=O)N4C3)ncc(OC)c2c1. The van der Waals surface area contributed by atoms with Crippen LogP contribution in [0.2, 0.25) is 0 Å². The fourth-order valence-corrected chi connectivity index (χ4v) is 9.82. The number of ketones is 1. The summed E-state index contributed by atoms with van der Waals surface area (Å²) in [5.74, 6) is -1.61. The summed E-state index contributed by atoms with van der Waals surface area (Å²) >= 11 is 0. The topological polar surface area (TPSA) is 167 Å². The summed E-state index contributed by atoms with van der Waals surface area (Å²) in [5, 5.41) is 1.36. The summed E-state index contributed by atoms with van der Waals surface area (Å²) in [6.45, 7) is 13.4. The molecule has 0 unspecified atom stereocenters. The molecule has 4 aliphatic rings. The van der Waals surface area contributed by atoms with E-state index in [0.717, 1.165) is 6.42 Å². The molecule has 3 heterocycles. The Morgan fingerprint density at radius 3 is 2.49 bits per heavy atom. The molecule has 13 nitrogen and oxygen atoms in total. The predicted molar refractivity (Wildman–Crippen MR) is 214 cm³/mol. The number of Topliss-reactive ketones (excluding diaryl/α,β-unsaturated/α-hetero) is 1.